The van der Waals surface area contributed by atoms with Crippen LogP contribution in [0.5, 0.6) is 0 Å². The molecule has 1 N–H and O–H groups in total. The second-order valence-corrected chi connectivity index (χ2v) is 6.07. The molecule has 1 saturated heterocycles. The molecule has 1 amide bonds. The van der Waals surface area contributed by atoms with Crippen molar-refractivity contribution in [2.24, 2.45) is 0 Å². The molecule has 1 aliphatic rings. The van der Waals surface area contributed by atoms with Crippen LogP contribution in [0, 0.1) is 0 Å². The van der Waals surface area contributed by atoms with Gasteiger partial charge < -0.3 is 10.1 Å². The molecule has 2 rings (SSSR count). The lowest BCUT2D eigenvalue weighted by atomic mass is 10.2. The molecule has 0 radical (unpaired) electrons. The summed E-state index contributed by atoms with van der Waals surface area (Å²) < 4.78 is 6.50. The first kappa shape index (κ1) is 13.1. The molecule has 2 heterocycles. The van der Waals surface area contributed by atoms with Crippen molar-refractivity contribution in [2.45, 2.75) is 32.3 Å². The molecule has 1 aromatic heterocycles. The highest BCUT2D eigenvalue weighted by molar-refractivity contribution is 9.10. The molecule has 0 aliphatic carbocycles. The minimum atomic E-state index is 0.00546. The summed E-state index contributed by atoms with van der Waals surface area (Å²) in [6, 6.07) is 1.90. The zero-order valence-corrected chi connectivity index (χ0v) is 12.2. The summed E-state index contributed by atoms with van der Waals surface area (Å²) in [5, 5.41) is 2.93. The number of amides is 1. The Balaban J connectivity index is 1.89. The Morgan fingerprint density at radius 2 is 2.53 bits per heavy atom. The van der Waals surface area contributed by atoms with Crippen LogP contribution in [0.4, 0.5) is 0 Å². The van der Waals surface area contributed by atoms with Gasteiger partial charge in [0.05, 0.1) is 11.0 Å². The lowest BCUT2D eigenvalue weighted by Crippen LogP contribution is -2.31. The first-order chi connectivity index (χ1) is 8.20. The minimum Gasteiger partial charge on any atom is -0.376 e. The topological polar surface area (TPSA) is 38.3 Å². The standard InChI is InChI=1S/C12H16BrNO2S/c1-2-10-9(13)6-11(17-10)12(15)14-7-8-4-3-5-16-8/h6,8H,2-5,7H2,1H3,(H,14,15). The van der Waals surface area contributed by atoms with Crippen molar-refractivity contribution in [3.05, 3.63) is 20.3 Å². The van der Waals surface area contributed by atoms with Gasteiger partial charge in [0.25, 0.3) is 5.91 Å². The van der Waals surface area contributed by atoms with E-state index in [-0.39, 0.29) is 12.0 Å². The van der Waals surface area contributed by atoms with E-state index in [2.05, 4.69) is 28.2 Å². The van der Waals surface area contributed by atoms with Gasteiger partial charge in [0.15, 0.2) is 0 Å². The van der Waals surface area contributed by atoms with E-state index in [4.69, 9.17) is 4.74 Å². The van der Waals surface area contributed by atoms with Gasteiger partial charge in [-0.15, -0.1) is 11.3 Å². The third kappa shape index (κ3) is 3.30. The molecular formula is C12H16BrNO2S. The first-order valence-corrected chi connectivity index (χ1v) is 7.49. The average Bonchev–Trinajstić information content (AvgIpc) is 2.94. The van der Waals surface area contributed by atoms with Crippen molar-refractivity contribution < 1.29 is 9.53 Å². The Labute approximate surface area is 114 Å². The Kier molecular flexibility index (Phi) is 4.59. The van der Waals surface area contributed by atoms with Crippen LogP contribution in [0.3, 0.4) is 0 Å². The van der Waals surface area contributed by atoms with E-state index in [0.717, 1.165) is 35.2 Å². The van der Waals surface area contributed by atoms with E-state index in [1.807, 2.05) is 6.07 Å². The summed E-state index contributed by atoms with van der Waals surface area (Å²) in [6.07, 6.45) is 3.30. The largest absolute Gasteiger partial charge is 0.376 e. The van der Waals surface area contributed by atoms with E-state index in [0.29, 0.717) is 6.54 Å². The summed E-state index contributed by atoms with van der Waals surface area (Å²) in [5.41, 5.74) is 0. The second-order valence-electron chi connectivity index (χ2n) is 4.08. The average molecular weight is 318 g/mol. The van der Waals surface area contributed by atoms with Crippen LogP contribution in [-0.4, -0.2) is 25.2 Å². The van der Waals surface area contributed by atoms with Crippen molar-refractivity contribution in [1.82, 2.24) is 5.32 Å². The third-order valence-electron chi connectivity index (χ3n) is 2.82. The molecule has 5 heteroatoms. The molecule has 94 valence electrons. The van der Waals surface area contributed by atoms with Crippen LogP contribution in [0.15, 0.2) is 10.5 Å². The molecule has 1 unspecified atom stereocenters. The van der Waals surface area contributed by atoms with Gasteiger partial charge in [-0.2, -0.15) is 0 Å². The molecular weight excluding hydrogens is 302 g/mol. The Bertz CT molecular complexity index is 399. The van der Waals surface area contributed by atoms with Crippen LogP contribution in [0.2, 0.25) is 0 Å². The van der Waals surface area contributed by atoms with Gasteiger partial charge in [0, 0.05) is 22.5 Å². The molecule has 0 saturated carbocycles. The first-order valence-electron chi connectivity index (χ1n) is 5.88. The fraction of sp³-hybridized carbons (Fsp3) is 0.583. The van der Waals surface area contributed by atoms with Gasteiger partial charge >= 0.3 is 0 Å². The van der Waals surface area contributed by atoms with E-state index in [1.54, 1.807) is 11.3 Å². The summed E-state index contributed by atoms with van der Waals surface area (Å²) in [5.74, 6) is 0.00546. The van der Waals surface area contributed by atoms with Gasteiger partial charge in [0.1, 0.15) is 0 Å². The third-order valence-corrected chi connectivity index (χ3v) is 5.06. The molecule has 1 aromatic rings. The Morgan fingerprint density at radius 1 is 1.71 bits per heavy atom. The number of hydrogen-bond donors (Lipinski definition) is 1. The number of aryl methyl sites for hydroxylation is 1. The zero-order valence-electron chi connectivity index (χ0n) is 9.79. The number of carbonyl (C=O) groups is 1. The number of hydrogen-bond acceptors (Lipinski definition) is 3. The summed E-state index contributed by atoms with van der Waals surface area (Å²) >= 11 is 5.02. The minimum absolute atomic E-state index is 0.00546. The van der Waals surface area contributed by atoms with Crippen LogP contribution < -0.4 is 5.32 Å². The van der Waals surface area contributed by atoms with Gasteiger partial charge in [-0.3, -0.25) is 4.79 Å². The maximum atomic E-state index is 11.9. The number of thiophene rings is 1. The SMILES string of the molecule is CCc1sc(C(=O)NCC2CCCO2)cc1Br. The number of nitrogens with one attached hydrogen (secondary N) is 1. The molecule has 1 atom stereocenters. The van der Waals surface area contributed by atoms with Crippen molar-refractivity contribution in [2.75, 3.05) is 13.2 Å². The number of halogens is 1. The fourth-order valence-corrected chi connectivity index (χ4v) is 3.67. The van der Waals surface area contributed by atoms with Crippen molar-refractivity contribution in [3.8, 4) is 0 Å². The second kappa shape index (κ2) is 5.98. The highest BCUT2D eigenvalue weighted by Crippen LogP contribution is 2.27. The maximum Gasteiger partial charge on any atom is 0.261 e. The van der Waals surface area contributed by atoms with Crippen LogP contribution in [0.25, 0.3) is 0 Å². The van der Waals surface area contributed by atoms with E-state index in [9.17, 15) is 4.79 Å². The van der Waals surface area contributed by atoms with Gasteiger partial charge in [-0.05, 0) is 41.3 Å². The fourth-order valence-electron chi connectivity index (χ4n) is 1.86. The lowest BCUT2D eigenvalue weighted by molar-refractivity contribution is 0.0861. The number of carbonyl (C=O) groups excluding carboxylic acids is 1. The maximum absolute atomic E-state index is 11.9. The van der Waals surface area contributed by atoms with Crippen molar-refractivity contribution in [3.63, 3.8) is 0 Å². The summed E-state index contributed by atoms with van der Waals surface area (Å²) in [7, 11) is 0. The molecule has 1 aliphatic heterocycles. The highest BCUT2D eigenvalue weighted by atomic mass is 79.9. The monoisotopic (exact) mass is 317 g/mol. The van der Waals surface area contributed by atoms with Crippen LogP contribution in [-0.2, 0) is 11.2 Å². The Hall–Kier alpha value is -0.390. The number of rotatable bonds is 4. The normalized spacial score (nSPS) is 19.5. The quantitative estimate of drug-likeness (QED) is 0.927. The molecule has 17 heavy (non-hydrogen) atoms. The smallest absolute Gasteiger partial charge is 0.261 e. The lowest BCUT2D eigenvalue weighted by Gasteiger charge is -2.09. The summed E-state index contributed by atoms with van der Waals surface area (Å²) in [6.45, 7) is 3.53. The van der Waals surface area contributed by atoms with Gasteiger partial charge in [0.2, 0.25) is 0 Å². The van der Waals surface area contributed by atoms with Crippen LogP contribution in [0.1, 0.15) is 34.3 Å². The van der Waals surface area contributed by atoms with E-state index >= 15 is 0 Å². The van der Waals surface area contributed by atoms with Crippen molar-refractivity contribution >= 4 is 33.2 Å². The highest BCUT2D eigenvalue weighted by Gasteiger charge is 2.18. The van der Waals surface area contributed by atoms with Crippen LogP contribution >= 0.6 is 27.3 Å². The van der Waals surface area contributed by atoms with E-state index in [1.165, 1.54) is 4.88 Å². The molecule has 0 spiro atoms. The van der Waals surface area contributed by atoms with Crippen molar-refractivity contribution in [1.29, 1.82) is 0 Å². The molecule has 0 bridgehead atoms. The predicted molar refractivity (Wildman–Crippen MR) is 72.7 cm³/mol. The molecule has 1 fully saturated rings. The molecule has 0 aromatic carbocycles. The number of ether oxygens (including phenoxy) is 1. The Morgan fingerprint density at radius 3 is 3.12 bits per heavy atom. The zero-order chi connectivity index (χ0) is 12.3. The van der Waals surface area contributed by atoms with Gasteiger partial charge in [-0.25, -0.2) is 0 Å². The summed E-state index contributed by atoms with van der Waals surface area (Å²) in [4.78, 5) is 13.9. The predicted octanol–water partition coefficient (Wildman–Crippen LogP) is 2.98. The van der Waals surface area contributed by atoms with E-state index < -0.39 is 0 Å². The van der Waals surface area contributed by atoms with Gasteiger partial charge in [-0.1, -0.05) is 6.92 Å². The molecule has 3 nitrogen and oxygen atoms in total.